The number of carbonyl (C=O) groups excluding carboxylic acids is 1. The van der Waals surface area contributed by atoms with Gasteiger partial charge in [-0.15, -0.1) is 0 Å². The van der Waals surface area contributed by atoms with Crippen molar-refractivity contribution in [3.8, 4) is 0 Å². The Morgan fingerprint density at radius 1 is 1.44 bits per heavy atom. The van der Waals surface area contributed by atoms with E-state index in [-0.39, 0.29) is 5.91 Å². The first-order valence-electron chi connectivity index (χ1n) is 6.42. The Bertz CT molecular complexity index is 452. The molecule has 1 heterocycles. The van der Waals surface area contributed by atoms with Gasteiger partial charge in [0.2, 0.25) is 0 Å². The van der Waals surface area contributed by atoms with E-state index in [2.05, 4.69) is 4.98 Å². The average Bonchev–Trinajstić information content (AvgIpc) is 2.26. The van der Waals surface area contributed by atoms with Crippen LogP contribution in [0.3, 0.4) is 0 Å². The minimum absolute atomic E-state index is 0.0560. The van der Waals surface area contributed by atoms with Crippen LogP contribution in [0.25, 0.3) is 0 Å². The topological polar surface area (TPSA) is 59.2 Å². The minimum Gasteiger partial charge on any atom is -0.341 e. The molecule has 18 heavy (non-hydrogen) atoms. The summed E-state index contributed by atoms with van der Waals surface area (Å²) in [5.74, 6) is 0.619. The van der Waals surface area contributed by atoms with E-state index < -0.39 is 0 Å². The number of aromatic nitrogens is 1. The summed E-state index contributed by atoms with van der Waals surface area (Å²) in [6.45, 7) is 4.61. The van der Waals surface area contributed by atoms with Crippen LogP contribution in [-0.2, 0) is 0 Å². The molecule has 2 rings (SSSR count). The summed E-state index contributed by atoms with van der Waals surface area (Å²) in [5.41, 5.74) is 8.20. The number of hydrogen-bond donors (Lipinski definition) is 1. The number of nitrogens with zero attached hydrogens (tertiary/aromatic N) is 2. The van der Waals surface area contributed by atoms with E-state index in [1.54, 1.807) is 4.90 Å². The largest absolute Gasteiger partial charge is 0.341 e. The molecule has 0 spiro atoms. The molecule has 1 saturated carbocycles. The highest BCUT2D eigenvalue weighted by Gasteiger charge is 2.28. The molecule has 1 amide bonds. The van der Waals surface area contributed by atoms with Crippen molar-refractivity contribution in [2.45, 2.75) is 32.7 Å². The van der Waals surface area contributed by atoms with Gasteiger partial charge in [-0.05, 0) is 44.7 Å². The van der Waals surface area contributed by atoms with Gasteiger partial charge in [-0.2, -0.15) is 0 Å². The van der Waals surface area contributed by atoms with Gasteiger partial charge in [0.25, 0.3) is 5.91 Å². The molecule has 0 aromatic carbocycles. The third-order valence-electron chi connectivity index (χ3n) is 3.61. The summed E-state index contributed by atoms with van der Waals surface area (Å²) in [6.07, 6.45) is 2.06. The fourth-order valence-corrected chi connectivity index (χ4v) is 2.52. The van der Waals surface area contributed by atoms with Crippen molar-refractivity contribution < 1.29 is 4.79 Å². The Morgan fingerprint density at radius 2 is 2.11 bits per heavy atom. The highest BCUT2D eigenvalue weighted by atomic mass is 16.2. The van der Waals surface area contributed by atoms with Crippen LogP contribution in [0.2, 0.25) is 0 Å². The average molecular weight is 247 g/mol. The van der Waals surface area contributed by atoms with Crippen molar-refractivity contribution in [2.75, 3.05) is 13.6 Å². The molecule has 1 aromatic heterocycles. The van der Waals surface area contributed by atoms with Crippen molar-refractivity contribution >= 4 is 5.91 Å². The van der Waals surface area contributed by atoms with Crippen molar-refractivity contribution in [1.29, 1.82) is 0 Å². The van der Waals surface area contributed by atoms with Crippen LogP contribution in [0.15, 0.2) is 12.1 Å². The van der Waals surface area contributed by atoms with Crippen molar-refractivity contribution in [2.24, 2.45) is 11.7 Å². The van der Waals surface area contributed by atoms with E-state index in [1.807, 2.05) is 33.0 Å². The highest BCUT2D eigenvalue weighted by Crippen LogP contribution is 2.26. The van der Waals surface area contributed by atoms with E-state index in [0.717, 1.165) is 30.8 Å². The van der Waals surface area contributed by atoms with Gasteiger partial charge >= 0.3 is 0 Å². The minimum atomic E-state index is 0.0560. The lowest BCUT2D eigenvalue weighted by molar-refractivity contribution is 0.0733. The second kappa shape index (κ2) is 5.06. The molecule has 1 aromatic rings. The lowest BCUT2D eigenvalue weighted by atomic mass is 9.80. The van der Waals surface area contributed by atoms with Crippen molar-refractivity contribution in [1.82, 2.24) is 9.88 Å². The Labute approximate surface area is 108 Å². The van der Waals surface area contributed by atoms with Crippen LogP contribution in [0.4, 0.5) is 0 Å². The third kappa shape index (κ3) is 2.70. The van der Waals surface area contributed by atoms with Gasteiger partial charge in [0.15, 0.2) is 0 Å². The van der Waals surface area contributed by atoms with Gasteiger partial charge < -0.3 is 10.6 Å². The summed E-state index contributed by atoms with van der Waals surface area (Å²) in [6, 6.07) is 4.08. The summed E-state index contributed by atoms with van der Waals surface area (Å²) < 4.78 is 0. The smallest absolute Gasteiger partial charge is 0.255 e. The maximum Gasteiger partial charge on any atom is 0.255 e. The molecular formula is C14H21N3O. The van der Waals surface area contributed by atoms with Crippen LogP contribution in [-0.4, -0.2) is 35.4 Å². The summed E-state index contributed by atoms with van der Waals surface area (Å²) >= 11 is 0. The molecule has 4 nitrogen and oxygen atoms in total. The number of rotatable bonds is 3. The predicted molar refractivity (Wildman–Crippen MR) is 71.4 cm³/mol. The standard InChI is InChI=1S/C14H21N3O/c1-9-4-5-13(10(2)16-9)14(18)17(3)8-11-6-12(15)7-11/h4-5,11-12H,6-8,15H2,1-3H3. The van der Waals surface area contributed by atoms with E-state index in [9.17, 15) is 4.79 Å². The number of pyridine rings is 1. The zero-order chi connectivity index (χ0) is 13.3. The SMILES string of the molecule is Cc1ccc(C(=O)N(C)CC2CC(N)C2)c(C)n1. The number of aryl methyl sites for hydroxylation is 2. The van der Waals surface area contributed by atoms with Gasteiger partial charge in [0, 0.05) is 25.3 Å². The molecule has 98 valence electrons. The quantitative estimate of drug-likeness (QED) is 0.880. The molecule has 0 unspecified atom stereocenters. The maximum absolute atomic E-state index is 12.3. The second-order valence-electron chi connectivity index (χ2n) is 5.37. The van der Waals surface area contributed by atoms with E-state index in [4.69, 9.17) is 5.73 Å². The molecule has 2 N–H and O–H groups in total. The van der Waals surface area contributed by atoms with Crippen LogP contribution in [0.1, 0.15) is 34.6 Å². The molecule has 1 fully saturated rings. The zero-order valence-corrected chi connectivity index (χ0v) is 11.3. The number of carbonyl (C=O) groups is 1. The molecule has 4 heteroatoms. The molecule has 0 saturated heterocycles. The monoisotopic (exact) mass is 247 g/mol. The number of amides is 1. The number of hydrogen-bond acceptors (Lipinski definition) is 3. The molecule has 1 aliphatic rings. The van der Waals surface area contributed by atoms with Crippen LogP contribution in [0.5, 0.6) is 0 Å². The van der Waals surface area contributed by atoms with Gasteiger partial charge in [-0.1, -0.05) is 0 Å². The predicted octanol–water partition coefficient (Wildman–Crippen LogP) is 1.51. The fourth-order valence-electron chi connectivity index (χ4n) is 2.52. The lowest BCUT2D eigenvalue weighted by Crippen LogP contribution is -2.43. The van der Waals surface area contributed by atoms with Gasteiger partial charge in [0.05, 0.1) is 11.3 Å². The first-order valence-corrected chi connectivity index (χ1v) is 6.42. The summed E-state index contributed by atoms with van der Waals surface area (Å²) in [7, 11) is 1.85. The Morgan fingerprint density at radius 3 is 2.67 bits per heavy atom. The lowest BCUT2D eigenvalue weighted by Gasteiger charge is -2.35. The van der Waals surface area contributed by atoms with Crippen molar-refractivity contribution in [3.63, 3.8) is 0 Å². The first-order chi connectivity index (χ1) is 8.47. The summed E-state index contributed by atoms with van der Waals surface area (Å²) in [5, 5.41) is 0. The van der Waals surface area contributed by atoms with Gasteiger partial charge in [-0.3, -0.25) is 9.78 Å². The zero-order valence-electron chi connectivity index (χ0n) is 11.3. The van der Waals surface area contributed by atoms with Gasteiger partial charge in [-0.25, -0.2) is 0 Å². The molecule has 0 atom stereocenters. The Balaban J connectivity index is 2.01. The Hall–Kier alpha value is -1.42. The molecule has 1 aliphatic carbocycles. The maximum atomic E-state index is 12.3. The molecule has 0 aliphatic heterocycles. The molecule has 0 bridgehead atoms. The second-order valence-corrected chi connectivity index (χ2v) is 5.37. The van der Waals surface area contributed by atoms with Gasteiger partial charge in [0.1, 0.15) is 0 Å². The Kier molecular flexibility index (Phi) is 3.66. The van der Waals surface area contributed by atoms with Crippen molar-refractivity contribution in [3.05, 3.63) is 29.1 Å². The molecular weight excluding hydrogens is 226 g/mol. The molecule has 0 radical (unpaired) electrons. The van der Waals surface area contributed by atoms with E-state index >= 15 is 0 Å². The highest BCUT2D eigenvalue weighted by molar-refractivity contribution is 5.95. The summed E-state index contributed by atoms with van der Waals surface area (Å²) in [4.78, 5) is 18.4. The normalized spacial score (nSPS) is 22.4. The fraction of sp³-hybridized carbons (Fsp3) is 0.571. The first kappa shape index (κ1) is 13.0. The van der Waals surface area contributed by atoms with E-state index in [0.29, 0.717) is 17.5 Å². The van der Waals surface area contributed by atoms with Crippen LogP contribution < -0.4 is 5.73 Å². The van der Waals surface area contributed by atoms with E-state index in [1.165, 1.54) is 0 Å². The van der Waals surface area contributed by atoms with Crippen LogP contribution in [0, 0.1) is 19.8 Å². The number of nitrogens with two attached hydrogens (primary N) is 1. The van der Waals surface area contributed by atoms with Crippen LogP contribution >= 0.6 is 0 Å². The third-order valence-corrected chi connectivity index (χ3v) is 3.61.